The highest BCUT2D eigenvalue weighted by molar-refractivity contribution is 5.73. The summed E-state index contributed by atoms with van der Waals surface area (Å²) in [6.45, 7) is 1.44. The van der Waals surface area contributed by atoms with Gasteiger partial charge in [0.15, 0.2) is 25.2 Å². The lowest BCUT2D eigenvalue weighted by molar-refractivity contribution is -0.372. The molecule has 22 nitrogen and oxygen atoms in total. The van der Waals surface area contributed by atoms with Crippen LogP contribution in [0.5, 0.6) is 0 Å². The molecule has 4 rings (SSSR count). The van der Waals surface area contributed by atoms with Crippen molar-refractivity contribution in [2.75, 3.05) is 19.8 Å². The molecule has 4 aliphatic rings. The molecule has 4 heterocycles. The number of amides is 2. The van der Waals surface area contributed by atoms with E-state index >= 15 is 0 Å². The Hall–Kier alpha value is -1.78. The Morgan fingerprint density at radius 3 is 1.68 bits per heavy atom. The minimum atomic E-state index is -1.98. The van der Waals surface area contributed by atoms with Gasteiger partial charge in [0.25, 0.3) is 0 Å². The molecule has 0 aliphatic carbocycles. The Morgan fingerprint density at radius 2 is 1.08 bits per heavy atom. The van der Waals surface area contributed by atoms with Crippen molar-refractivity contribution in [3.8, 4) is 0 Å². The van der Waals surface area contributed by atoms with Gasteiger partial charge in [-0.2, -0.15) is 0 Å². The van der Waals surface area contributed by atoms with Gasteiger partial charge < -0.3 is 100.0 Å². The van der Waals surface area contributed by atoms with Gasteiger partial charge in [-0.15, -0.1) is 0 Å². The van der Waals surface area contributed by atoms with Crippen LogP contribution in [0.3, 0.4) is 0 Å². The number of carbonyl (C=O) groups is 2. The summed E-state index contributed by atoms with van der Waals surface area (Å²) in [4.78, 5) is 23.5. The van der Waals surface area contributed by atoms with E-state index in [1.807, 2.05) is 0 Å². The van der Waals surface area contributed by atoms with Crippen LogP contribution in [-0.2, 0) is 42.7 Å². The van der Waals surface area contributed by atoms with Crippen LogP contribution in [0.25, 0.3) is 0 Å². The van der Waals surface area contributed by atoms with E-state index in [-0.39, 0.29) is 0 Å². The van der Waals surface area contributed by atoms with Gasteiger partial charge in [0, 0.05) is 13.8 Å². The molecule has 13 N–H and O–H groups in total. The maximum atomic E-state index is 11.8. The molecule has 4 fully saturated rings. The monoisotopic (exact) mass is 732 g/mol. The van der Waals surface area contributed by atoms with Gasteiger partial charge in [-0.1, -0.05) is 0 Å². The minimum Gasteiger partial charge on any atom is -0.394 e. The molecule has 4 aliphatic heterocycles. The average Bonchev–Trinajstić information content (AvgIpc) is 3.06. The lowest BCUT2D eigenvalue weighted by atomic mass is 9.95. The Bertz CT molecular complexity index is 1130. The normalized spacial score (nSPS) is 48.5. The molecule has 0 saturated carbocycles. The molecular weight excluding hydrogens is 684 g/mol. The molecule has 20 atom stereocenters. The van der Waals surface area contributed by atoms with E-state index in [1.165, 1.54) is 6.92 Å². The van der Waals surface area contributed by atoms with Crippen LogP contribution in [0.2, 0.25) is 0 Å². The molecule has 0 aromatic rings. The van der Waals surface area contributed by atoms with Crippen molar-refractivity contribution in [3.05, 3.63) is 0 Å². The summed E-state index contributed by atoms with van der Waals surface area (Å²) in [6, 6.07) is -2.77. The van der Waals surface area contributed by atoms with Gasteiger partial charge in [0.1, 0.15) is 91.4 Å². The maximum absolute atomic E-state index is 11.8. The first-order valence-electron chi connectivity index (χ1n) is 15.9. The summed E-state index contributed by atoms with van der Waals surface area (Å²) in [5.41, 5.74) is 0. The van der Waals surface area contributed by atoms with E-state index < -0.39 is 154 Å². The molecule has 22 heteroatoms. The van der Waals surface area contributed by atoms with Crippen molar-refractivity contribution < 1.29 is 98.9 Å². The molecular formula is C28H48N2O20. The second-order valence-electron chi connectivity index (χ2n) is 12.6. The van der Waals surface area contributed by atoms with Crippen LogP contribution in [-0.4, -0.2) is 211 Å². The SMILES string of the molecule is CC(=O)N[C@@H]1[C@@H](O[C@@H]2O[C@@H](C)[C@@H](O)[C@@H](O[C@H]3O[C@H](CO[C@H]4O[C@H](CO)[C@H](O)[C@H](O)[C@H]4NC(C)=O)[C@@H](O)[C@H](O)[C@@H]3O)[C@@H]2O)[C@@H](O)[C@@H](CO)O[C@H]1O. The summed E-state index contributed by atoms with van der Waals surface area (Å²) in [5.74, 6) is -1.28. The number of aliphatic hydroxyl groups is 11. The predicted octanol–water partition coefficient (Wildman–Crippen LogP) is -8.43. The lowest BCUT2D eigenvalue weighted by Crippen LogP contribution is -2.68. The van der Waals surface area contributed by atoms with Crippen molar-refractivity contribution in [1.29, 1.82) is 0 Å². The predicted molar refractivity (Wildman–Crippen MR) is 156 cm³/mol. The first-order chi connectivity index (χ1) is 23.5. The number of hydrogen-bond acceptors (Lipinski definition) is 20. The summed E-state index contributed by atoms with van der Waals surface area (Å²) < 4.78 is 39.0. The van der Waals surface area contributed by atoms with Crippen LogP contribution < -0.4 is 10.6 Å². The molecule has 2 amide bonds. The number of aliphatic hydroxyl groups excluding tert-OH is 11. The second-order valence-corrected chi connectivity index (χ2v) is 12.6. The quantitative estimate of drug-likeness (QED) is 0.0938. The topological polar surface area (TPSA) is 345 Å². The smallest absolute Gasteiger partial charge is 0.217 e. The Morgan fingerprint density at radius 1 is 0.560 bits per heavy atom. The maximum Gasteiger partial charge on any atom is 0.217 e. The van der Waals surface area contributed by atoms with Crippen molar-refractivity contribution in [2.24, 2.45) is 0 Å². The standard InChI is InChI=1S/C28H48N2O20/c1-7-15(35)24(22(42)28(45-7)49-23-14(30-9(3)34)25(43)46-11(5-32)18(23)38)50-27-21(41)20(40)17(37)12(48-27)6-44-26-13(29-8(2)33)19(39)16(36)10(4-31)47-26/h7,10-28,31-32,35-43H,4-6H2,1-3H3,(H,29,33)(H,30,34)/t7-,10+,11+,12+,13+,14+,15+,16-,17+,18-,19+,20-,21-,22-,23+,24+,25+,26-,27+,28-/m0/s1. The van der Waals surface area contributed by atoms with Crippen molar-refractivity contribution >= 4 is 11.8 Å². The fourth-order valence-corrected chi connectivity index (χ4v) is 6.18. The zero-order chi connectivity index (χ0) is 37.2. The largest absolute Gasteiger partial charge is 0.394 e. The highest BCUT2D eigenvalue weighted by Gasteiger charge is 2.54. The van der Waals surface area contributed by atoms with E-state index in [9.17, 15) is 65.8 Å². The molecule has 0 unspecified atom stereocenters. The lowest BCUT2D eigenvalue weighted by Gasteiger charge is -2.48. The van der Waals surface area contributed by atoms with Crippen molar-refractivity contribution in [3.63, 3.8) is 0 Å². The summed E-state index contributed by atoms with van der Waals surface area (Å²) in [6.07, 6.45) is -29.8. The van der Waals surface area contributed by atoms with E-state index in [4.69, 9.17) is 33.2 Å². The first kappa shape index (κ1) is 41.0. The molecule has 290 valence electrons. The number of carbonyl (C=O) groups excluding carboxylic acids is 2. The zero-order valence-corrected chi connectivity index (χ0v) is 27.3. The number of nitrogens with one attached hydrogen (secondary N) is 2. The molecule has 0 aromatic carbocycles. The van der Waals surface area contributed by atoms with Crippen molar-refractivity contribution in [2.45, 2.75) is 143 Å². The van der Waals surface area contributed by atoms with Crippen LogP contribution >= 0.6 is 0 Å². The van der Waals surface area contributed by atoms with Gasteiger partial charge in [-0.25, -0.2) is 0 Å². The Kier molecular flexibility index (Phi) is 14.2. The number of ether oxygens (including phenoxy) is 7. The van der Waals surface area contributed by atoms with E-state index in [2.05, 4.69) is 10.6 Å². The summed E-state index contributed by atoms with van der Waals surface area (Å²) in [5, 5.41) is 120. The van der Waals surface area contributed by atoms with E-state index in [0.717, 1.165) is 13.8 Å². The Balaban J connectivity index is 1.49. The van der Waals surface area contributed by atoms with Crippen LogP contribution in [0, 0.1) is 0 Å². The van der Waals surface area contributed by atoms with Crippen LogP contribution in [0.15, 0.2) is 0 Å². The third kappa shape index (κ3) is 8.87. The number of rotatable bonds is 11. The Labute approximate surface area is 285 Å². The van der Waals surface area contributed by atoms with Gasteiger partial charge in [-0.3, -0.25) is 9.59 Å². The fraction of sp³-hybridized carbons (Fsp3) is 0.929. The minimum absolute atomic E-state index is 0.631. The van der Waals surface area contributed by atoms with Crippen molar-refractivity contribution in [1.82, 2.24) is 10.6 Å². The summed E-state index contributed by atoms with van der Waals surface area (Å²) >= 11 is 0. The van der Waals surface area contributed by atoms with Crippen LogP contribution in [0.1, 0.15) is 20.8 Å². The van der Waals surface area contributed by atoms with Gasteiger partial charge >= 0.3 is 0 Å². The molecule has 0 radical (unpaired) electrons. The molecule has 0 spiro atoms. The van der Waals surface area contributed by atoms with Gasteiger partial charge in [0.2, 0.25) is 11.8 Å². The third-order valence-electron chi connectivity index (χ3n) is 8.95. The molecule has 0 aromatic heterocycles. The third-order valence-corrected chi connectivity index (χ3v) is 8.95. The molecule has 0 bridgehead atoms. The first-order valence-corrected chi connectivity index (χ1v) is 15.9. The zero-order valence-electron chi connectivity index (χ0n) is 27.3. The summed E-state index contributed by atoms with van der Waals surface area (Å²) in [7, 11) is 0. The van der Waals surface area contributed by atoms with Crippen LogP contribution in [0.4, 0.5) is 0 Å². The van der Waals surface area contributed by atoms with Gasteiger partial charge in [0.05, 0.1) is 25.9 Å². The fourth-order valence-electron chi connectivity index (χ4n) is 6.18. The highest BCUT2D eigenvalue weighted by atomic mass is 16.8. The number of hydrogen-bond donors (Lipinski definition) is 13. The second kappa shape index (κ2) is 17.4. The molecule has 4 saturated heterocycles. The average molecular weight is 733 g/mol. The van der Waals surface area contributed by atoms with E-state index in [1.54, 1.807) is 0 Å². The van der Waals surface area contributed by atoms with Gasteiger partial charge in [-0.05, 0) is 6.92 Å². The van der Waals surface area contributed by atoms with E-state index in [0.29, 0.717) is 0 Å². The molecule has 50 heavy (non-hydrogen) atoms. The highest BCUT2D eigenvalue weighted by Crippen LogP contribution is 2.33.